The SMILES string of the molecule is CCc1ccc(-c2csc(NC(=O)COc3ccc(Cl)cc3)c2C(=O)OC)cc1. The van der Waals surface area contributed by atoms with Crippen molar-refractivity contribution in [1.82, 2.24) is 0 Å². The van der Waals surface area contributed by atoms with E-state index in [1.54, 1.807) is 24.3 Å². The van der Waals surface area contributed by atoms with Gasteiger partial charge in [-0.05, 0) is 41.8 Å². The zero-order chi connectivity index (χ0) is 20.8. The van der Waals surface area contributed by atoms with Crippen LogP contribution in [0.2, 0.25) is 5.02 Å². The maximum Gasteiger partial charge on any atom is 0.341 e. The van der Waals surface area contributed by atoms with Crippen LogP contribution in [0.1, 0.15) is 22.8 Å². The van der Waals surface area contributed by atoms with E-state index in [2.05, 4.69) is 12.2 Å². The van der Waals surface area contributed by atoms with Gasteiger partial charge in [-0.2, -0.15) is 0 Å². The molecule has 1 aromatic heterocycles. The summed E-state index contributed by atoms with van der Waals surface area (Å²) in [6.45, 7) is 1.89. The number of methoxy groups -OCH3 is 1. The molecule has 0 aliphatic rings. The van der Waals surface area contributed by atoms with E-state index in [1.807, 2.05) is 29.6 Å². The van der Waals surface area contributed by atoms with Crippen molar-refractivity contribution in [3.8, 4) is 16.9 Å². The number of hydrogen-bond acceptors (Lipinski definition) is 5. The number of benzene rings is 2. The van der Waals surface area contributed by atoms with Crippen LogP contribution < -0.4 is 10.1 Å². The van der Waals surface area contributed by atoms with Crippen LogP contribution >= 0.6 is 22.9 Å². The standard InChI is InChI=1S/C22H20ClNO4S/c1-3-14-4-6-15(7-5-14)18-13-29-21(20(18)22(26)27-2)24-19(25)12-28-17-10-8-16(23)9-11-17/h4-11,13H,3,12H2,1-2H3,(H,24,25). The number of carbonyl (C=O) groups excluding carboxylic acids is 2. The summed E-state index contributed by atoms with van der Waals surface area (Å²) in [7, 11) is 1.32. The molecule has 29 heavy (non-hydrogen) atoms. The minimum atomic E-state index is -0.505. The molecule has 0 atom stereocenters. The molecule has 3 aromatic rings. The Balaban J connectivity index is 1.77. The highest BCUT2D eigenvalue weighted by Gasteiger charge is 2.22. The van der Waals surface area contributed by atoms with Gasteiger partial charge in [0.1, 0.15) is 16.3 Å². The van der Waals surface area contributed by atoms with E-state index < -0.39 is 5.97 Å². The number of carbonyl (C=O) groups is 2. The van der Waals surface area contributed by atoms with Crippen molar-refractivity contribution in [2.24, 2.45) is 0 Å². The number of ether oxygens (including phenoxy) is 2. The van der Waals surface area contributed by atoms with Crippen LogP contribution in [0.15, 0.2) is 53.9 Å². The molecule has 0 spiro atoms. The summed E-state index contributed by atoms with van der Waals surface area (Å²) in [5.74, 6) is -0.352. The molecule has 150 valence electrons. The fourth-order valence-corrected chi connectivity index (χ4v) is 3.83. The lowest BCUT2D eigenvalue weighted by Gasteiger charge is -2.09. The van der Waals surface area contributed by atoms with Crippen LogP contribution in [0.25, 0.3) is 11.1 Å². The molecule has 0 saturated carbocycles. The molecule has 0 aliphatic carbocycles. The van der Waals surface area contributed by atoms with E-state index in [9.17, 15) is 9.59 Å². The molecule has 1 amide bonds. The summed E-state index contributed by atoms with van der Waals surface area (Å²) in [6, 6.07) is 14.7. The van der Waals surface area contributed by atoms with Gasteiger partial charge >= 0.3 is 5.97 Å². The van der Waals surface area contributed by atoms with Crippen LogP contribution in [-0.4, -0.2) is 25.6 Å². The smallest absolute Gasteiger partial charge is 0.341 e. The first-order chi connectivity index (χ1) is 14.0. The lowest BCUT2D eigenvalue weighted by atomic mass is 10.0. The Hall–Kier alpha value is -2.83. The molecule has 2 aromatic carbocycles. The summed E-state index contributed by atoms with van der Waals surface area (Å²) in [4.78, 5) is 24.7. The van der Waals surface area contributed by atoms with Gasteiger partial charge in [0.15, 0.2) is 6.61 Å². The fourth-order valence-electron chi connectivity index (χ4n) is 2.73. The van der Waals surface area contributed by atoms with Gasteiger partial charge < -0.3 is 14.8 Å². The Labute approximate surface area is 178 Å². The average Bonchev–Trinajstić information content (AvgIpc) is 3.16. The third-order valence-corrected chi connectivity index (χ3v) is 5.44. The summed E-state index contributed by atoms with van der Waals surface area (Å²) < 4.78 is 10.4. The molecule has 1 N–H and O–H groups in total. The van der Waals surface area contributed by atoms with Crippen molar-refractivity contribution in [2.45, 2.75) is 13.3 Å². The Bertz CT molecular complexity index is 997. The summed E-state index contributed by atoms with van der Waals surface area (Å²) in [6.07, 6.45) is 0.933. The van der Waals surface area contributed by atoms with E-state index >= 15 is 0 Å². The van der Waals surface area contributed by atoms with Crippen molar-refractivity contribution in [3.05, 3.63) is 70.1 Å². The number of thiophene rings is 1. The molecule has 0 unspecified atom stereocenters. The molecule has 0 aliphatic heterocycles. The van der Waals surface area contributed by atoms with Gasteiger partial charge in [0.2, 0.25) is 0 Å². The minimum Gasteiger partial charge on any atom is -0.484 e. The molecule has 5 nitrogen and oxygen atoms in total. The monoisotopic (exact) mass is 429 g/mol. The number of halogens is 1. The fraction of sp³-hybridized carbons (Fsp3) is 0.182. The van der Waals surface area contributed by atoms with Crippen molar-refractivity contribution >= 4 is 39.8 Å². The number of nitrogens with one attached hydrogen (secondary N) is 1. The summed E-state index contributed by atoms with van der Waals surface area (Å²) in [5.41, 5.74) is 3.15. The normalized spacial score (nSPS) is 10.4. The number of aryl methyl sites for hydroxylation is 1. The number of anilines is 1. The molecule has 1 heterocycles. The third-order valence-electron chi connectivity index (χ3n) is 4.29. The van der Waals surface area contributed by atoms with E-state index in [0.29, 0.717) is 21.3 Å². The number of rotatable bonds is 7. The lowest BCUT2D eigenvalue weighted by molar-refractivity contribution is -0.118. The molecule has 0 radical (unpaired) electrons. The zero-order valence-corrected chi connectivity index (χ0v) is 17.6. The van der Waals surface area contributed by atoms with Gasteiger partial charge in [-0.15, -0.1) is 11.3 Å². The second-order valence-electron chi connectivity index (χ2n) is 6.19. The van der Waals surface area contributed by atoms with Gasteiger partial charge in [0, 0.05) is 16.0 Å². The molecule has 3 rings (SSSR count). The molecular weight excluding hydrogens is 410 g/mol. The Morgan fingerprint density at radius 3 is 2.38 bits per heavy atom. The van der Waals surface area contributed by atoms with Gasteiger partial charge in [-0.25, -0.2) is 4.79 Å². The second-order valence-corrected chi connectivity index (χ2v) is 7.50. The average molecular weight is 430 g/mol. The second kappa shape index (κ2) is 9.58. The quantitative estimate of drug-likeness (QED) is 0.508. The van der Waals surface area contributed by atoms with Crippen molar-refractivity contribution in [3.63, 3.8) is 0 Å². The van der Waals surface area contributed by atoms with E-state index in [-0.39, 0.29) is 12.5 Å². The van der Waals surface area contributed by atoms with Crippen molar-refractivity contribution in [1.29, 1.82) is 0 Å². The van der Waals surface area contributed by atoms with Gasteiger partial charge in [0.05, 0.1) is 7.11 Å². The Morgan fingerprint density at radius 1 is 1.07 bits per heavy atom. The Kier molecular flexibility index (Phi) is 6.90. The third kappa shape index (κ3) is 5.16. The Morgan fingerprint density at radius 2 is 1.76 bits per heavy atom. The van der Waals surface area contributed by atoms with Crippen LogP contribution in [0, 0.1) is 0 Å². The first-order valence-corrected chi connectivity index (χ1v) is 10.2. The highest BCUT2D eigenvalue weighted by Crippen LogP contribution is 2.36. The highest BCUT2D eigenvalue weighted by molar-refractivity contribution is 7.15. The topological polar surface area (TPSA) is 64.6 Å². The summed E-state index contributed by atoms with van der Waals surface area (Å²) >= 11 is 7.11. The van der Waals surface area contributed by atoms with Gasteiger partial charge in [-0.1, -0.05) is 42.8 Å². The van der Waals surface area contributed by atoms with Crippen LogP contribution in [0.3, 0.4) is 0 Å². The largest absolute Gasteiger partial charge is 0.484 e. The highest BCUT2D eigenvalue weighted by atomic mass is 35.5. The number of amides is 1. The molecular formula is C22H20ClNO4S. The predicted octanol–water partition coefficient (Wildman–Crippen LogP) is 5.44. The van der Waals surface area contributed by atoms with Crippen LogP contribution in [0.5, 0.6) is 5.75 Å². The minimum absolute atomic E-state index is 0.194. The number of hydrogen-bond donors (Lipinski definition) is 1. The van der Waals surface area contributed by atoms with E-state index in [4.69, 9.17) is 21.1 Å². The van der Waals surface area contributed by atoms with E-state index in [0.717, 1.165) is 17.5 Å². The first kappa shape index (κ1) is 20.9. The molecule has 0 saturated heterocycles. The first-order valence-electron chi connectivity index (χ1n) is 8.99. The van der Waals surface area contributed by atoms with Crippen molar-refractivity contribution < 1.29 is 19.1 Å². The molecule has 7 heteroatoms. The van der Waals surface area contributed by atoms with Gasteiger partial charge in [0.25, 0.3) is 5.91 Å². The zero-order valence-electron chi connectivity index (χ0n) is 16.0. The van der Waals surface area contributed by atoms with Crippen LogP contribution in [0.4, 0.5) is 5.00 Å². The lowest BCUT2D eigenvalue weighted by Crippen LogP contribution is -2.21. The maximum atomic E-state index is 12.4. The van der Waals surface area contributed by atoms with E-state index in [1.165, 1.54) is 24.0 Å². The maximum absolute atomic E-state index is 12.4. The molecule has 0 fully saturated rings. The van der Waals surface area contributed by atoms with Gasteiger partial charge in [-0.3, -0.25) is 4.79 Å². The van der Waals surface area contributed by atoms with Crippen LogP contribution in [-0.2, 0) is 16.0 Å². The molecule has 0 bridgehead atoms. The summed E-state index contributed by atoms with van der Waals surface area (Å²) in [5, 5.41) is 5.60. The number of esters is 1. The van der Waals surface area contributed by atoms with Crippen molar-refractivity contribution in [2.75, 3.05) is 19.0 Å². The predicted molar refractivity (Wildman–Crippen MR) is 116 cm³/mol.